The van der Waals surface area contributed by atoms with Gasteiger partial charge in [0.2, 0.25) is 0 Å². The molecule has 0 aromatic heterocycles. The van der Waals surface area contributed by atoms with E-state index in [9.17, 15) is 57.5 Å². The van der Waals surface area contributed by atoms with Gasteiger partial charge < -0.3 is 61.6 Å². The Hall–Kier alpha value is -6.40. The third kappa shape index (κ3) is 12.6. The van der Waals surface area contributed by atoms with Gasteiger partial charge in [0.25, 0.3) is 0 Å². The molecule has 0 aromatic carbocycles. The fourth-order valence-corrected chi connectivity index (χ4v) is 16.5. The van der Waals surface area contributed by atoms with Crippen LogP contribution in [0.4, 0.5) is 0 Å². The summed E-state index contributed by atoms with van der Waals surface area (Å²) in [6.07, 6.45) is 1.63. The molecule has 0 N–H and O–H groups in total. The van der Waals surface area contributed by atoms with E-state index < -0.39 is 107 Å². The third-order valence-corrected chi connectivity index (χ3v) is 22.0. The van der Waals surface area contributed by atoms with Crippen LogP contribution in [0.2, 0.25) is 0 Å². The first-order chi connectivity index (χ1) is 42.9. The van der Waals surface area contributed by atoms with E-state index in [-0.39, 0.29) is 150 Å². The molecule has 27 unspecified atom stereocenters. The Kier molecular flexibility index (Phi) is 20.4. The topological polar surface area (TPSA) is 325 Å². The van der Waals surface area contributed by atoms with Crippen molar-refractivity contribution in [2.45, 2.75) is 196 Å². The van der Waals surface area contributed by atoms with E-state index in [1.165, 1.54) is 14.2 Å². The fraction of sp³-hybridized carbons (Fsp3) is 0.818. The first kappa shape index (κ1) is 69.0. The van der Waals surface area contributed by atoms with E-state index in [0.29, 0.717) is 51.4 Å². The lowest BCUT2D eigenvalue weighted by Gasteiger charge is -2.32. The van der Waals surface area contributed by atoms with Crippen LogP contribution in [0.5, 0.6) is 0 Å². The maximum Gasteiger partial charge on any atom is 0.312 e. The standard InChI is InChI=1S/C18H26O6.C17H24O7.C16H22O6.C15H20O6/c1-6-8(2)15(19)22-13-10-7-9-11(16(20)23-14(9)13)12(10)17(21)24-18(3,4)5;1-5-17(2,3)16(20)24-13-8-6-9-11(15(19)23-12(9)13)10(8)14(18)22-7-21-4;1-4-7(3)14(17)21-12-8-6-9-11(16(19)22-13(9)12)10(8)15(18)20-5-2;1-4-6(2)13(16)20-11-7-5-8-10(9(7)14(17)19-3)15(18)21-12(8)11/h8-14H,6-7H2,1-5H3;8-13H,5-7H2,1-4H3;7-13H,4-6H2,1-3H3;6-12H,4-5H2,1-3H3. The second-order valence-corrected chi connectivity index (χ2v) is 28.5. The highest BCUT2D eigenvalue weighted by Crippen LogP contribution is 2.63. The summed E-state index contributed by atoms with van der Waals surface area (Å²) in [7, 11) is 2.73. The van der Waals surface area contributed by atoms with E-state index in [2.05, 4.69) is 0 Å². The van der Waals surface area contributed by atoms with Gasteiger partial charge in [0.1, 0.15) is 54.4 Å². The number of hydrogen-bond acceptors (Lipinski definition) is 25. The second kappa shape index (κ2) is 26.9. The average molecular weight is 1290 g/mol. The lowest BCUT2D eigenvalue weighted by molar-refractivity contribution is -0.176. The van der Waals surface area contributed by atoms with Crippen LogP contribution in [0.15, 0.2) is 0 Å². The Balaban J connectivity index is 0.000000144. The van der Waals surface area contributed by atoms with Crippen LogP contribution in [0, 0.1) is 118 Å². The molecule has 12 rings (SSSR count). The largest absolute Gasteiger partial charge is 0.469 e. The minimum atomic E-state index is -0.626. The van der Waals surface area contributed by atoms with Crippen molar-refractivity contribution in [1.82, 2.24) is 0 Å². The number of hydrogen-bond donors (Lipinski definition) is 0. The molecule has 4 heterocycles. The van der Waals surface area contributed by atoms with E-state index in [4.69, 9.17) is 61.6 Å². The molecule has 0 aromatic rings. The van der Waals surface area contributed by atoms with Crippen LogP contribution in [0.25, 0.3) is 0 Å². The molecule has 0 amide bonds. The van der Waals surface area contributed by atoms with Crippen molar-refractivity contribution in [3.63, 3.8) is 0 Å². The van der Waals surface area contributed by atoms with Gasteiger partial charge in [-0.15, -0.1) is 0 Å². The highest BCUT2D eigenvalue weighted by Gasteiger charge is 2.74. The van der Waals surface area contributed by atoms with Gasteiger partial charge in [-0.05, 0) is 92.9 Å². The van der Waals surface area contributed by atoms with Gasteiger partial charge in [-0.2, -0.15) is 0 Å². The van der Waals surface area contributed by atoms with Gasteiger partial charge in [0.05, 0.1) is 84.2 Å². The average Bonchev–Trinajstić information content (AvgIpc) is 1.58. The van der Waals surface area contributed by atoms with Crippen molar-refractivity contribution >= 4 is 71.6 Å². The molecule has 506 valence electrons. The van der Waals surface area contributed by atoms with Gasteiger partial charge in [-0.25, -0.2) is 0 Å². The molecule has 8 aliphatic carbocycles. The van der Waals surface area contributed by atoms with Gasteiger partial charge in [-0.3, -0.25) is 57.5 Å². The van der Waals surface area contributed by atoms with Crippen LogP contribution in [-0.4, -0.2) is 154 Å². The molecule has 12 aliphatic rings. The summed E-state index contributed by atoms with van der Waals surface area (Å²) in [4.78, 5) is 146. The van der Waals surface area contributed by atoms with Crippen molar-refractivity contribution in [3.05, 3.63) is 0 Å². The molecule has 8 bridgehead atoms. The summed E-state index contributed by atoms with van der Waals surface area (Å²) in [5, 5.41) is 0. The van der Waals surface area contributed by atoms with Crippen LogP contribution < -0.4 is 0 Å². The lowest BCUT2D eigenvalue weighted by Crippen LogP contribution is -2.45. The Morgan fingerprint density at radius 3 is 1.03 bits per heavy atom. The monoisotopic (exact) mass is 1280 g/mol. The van der Waals surface area contributed by atoms with Gasteiger partial charge in [0.15, 0.2) is 6.79 Å². The Morgan fingerprint density at radius 1 is 0.440 bits per heavy atom. The maximum atomic E-state index is 12.6. The fourth-order valence-electron chi connectivity index (χ4n) is 16.5. The Bertz CT molecular complexity index is 2860. The highest BCUT2D eigenvalue weighted by molar-refractivity contribution is 5.89. The molecule has 12 fully saturated rings. The second-order valence-electron chi connectivity index (χ2n) is 28.5. The van der Waals surface area contributed by atoms with Crippen LogP contribution >= 0.6 is 0 Å². The molecule has 4 aliphatic heterocycles. The van der Waals surface area contributed by atoms with E-state index >= 15 is 0 Å². The number of fused-ring (bicyclic) bond motifs is 4. The van der Waals surface area contributed by atoms with Crippen LogP contribution in [0.3, 0.4) is 0 Å². The third-order valence-electron chi connectivity index (χ3n) is 22.0. The normalized spacial score (nSPS) is 38.6. The molecular weight excluding hydrogens is 1190 g/mol. The SMILES string of the molecule is CCC(C)(C)C(=O)OC1C2CC3C1OC(=O)C3C2C(=O)OCOC.CCC(C)C(=O)OC1C2CC3C1OC(=O)C3C2C(=O)OC.CCC(C)C(=O)OC1C2CC3C1OC(=O)C3C2C(=O)OC(C)(C)C.CCOC(=O)C1C2CC3C(OC(=O)C31)C2OC(=O)C(C)CC. The summed E-state index contributed by atoms with van der Waals surface area (Å²) in [5.41, 5.74) is -1.24. The zero-order chi connectivity index (χ0) is 66.8. The number of carbonyl (C=O) groups is 12. The number of carbonyl (C=O) groups excluding carboxylic acids is 12. The summed E-state index contributed by atoms with van der Waals surface area (Å²) in [6.45, 7) is 24.0. The van der Waals surface area contributed by atoms with Gasteiger partial charge in [0, 0.05) is 54.5 Å². The molecule has 0 spiro atoms. The maximum absolute atomic E-state index is 12.6. The summed E-state index contributed by atoms with van der Waals surface area (Å²) in [6, 6.07) is 0. The van der Waals surface area contributed by atoms with Gasteiger partial charge in [-0.1, -0.05) is 48.5 Å². The van der Waals surface area contributed by atoms with Crippen molar-refractivity contribution < 1.29 is 119 Å². The predicted molar refractivity (Wildman–Crippen MR) is 308 cm³/mol. The van der Waals surface area contributed by atoms with E-state index in [0.717, 1.165) is 0 Å². The predicted octanol–water partition coefficient (Wildman–Crippen LogP) is 5.62. The first-order valence-electron chi connectivity index (χ1n) is 32.7. The van der Waals surface area contributed by atoms with Crippen molar-refractivity contribution in [2.75, 3.05) is 27.6 Å². The van der Waals surface area contributed by atoms with E-state index in [1.807, 2.05) is 55.4 Å². The number of rotatable bonds is 19. The Morgan fingerprint density at radius 2 is 0.747 bits per heavy atom. The van der Waals surface area contributed by atoms with Crippen LogP contribution in [-0.2, 0) is 119 Å². The highest BCUT2D eigenvalue weighted by atomic mass is 16.7. The van der Waals surface area contributed by atoms with Crippen LogP contribution in [0.1, 0.15) is 141 Å². The smallest absolute Gasteiger partial charge is 0.312 e. The zero-order valence-corrected chi connectivity index (χ0v) is 54.9. The molecule has 25 nitrogen and oxygen atoms in total. The van der Waals surface area contributed by atoms with Crippen molar-refractivity contribution in [1.29, 1.82) is 0 Å². The summed E-state index contributed by atoms with van der Waals surface area (Å²) in [5.74, 6) is -9.93. The summed E-state index contributed by atoms with van der Waals surface area (Å²) >= 11 is 0. The number of methoxy groups -OCH3 is 2. The molecule has 8 saturated carbocycles. The minimum Gasteiger partial charge on any atom is -0.469 e. The lowest BCUT2D eigenvalue weighted by atomic mass is 9.78. The molecule has 91 heavy (non-hydrogen) atoms. The minimum absolute atomic E-state index is 0.0263. The van der Waals surface area contributed by atoms with E-state index in [1.54, 1.807) is 34.6 Å². The molecule has 0 radical (unpaired) electrons. The zero-order valence-electron chi connectivity index (χ0n) is 54.9. The molecule has 25 heteroatoms. The van der Waals surface area contributed by atoms with Crippen molar-refractivity contribution in [2.24, 2.45) is 118 Å². The molecular formula is C66H92O25. The Labute approximate surface area is 530 Å². The van der Waals surface area contributed by atoms with Gasteiger partial charge >= 0.3 is 71.6 Å². The quantitative estimate of drug-likeness (QED) is 0.0860. The molecule has 27 atom stereocenters. The number of esters is 12. The first-order valence-corrected chi connectivity index (χ1v) is 32.7. The molecule has 4 saturated heterocycles. The number of ether oxygens (including phenoxy) is 13. The van der Waals surface area contributed by atoms with Crippen molar-refractivity contribution in [3.8, 4) is 0 Å². The summed E-state index contributed by atoms with van der Waals surface area (Å²) < 4.78 is 69.5.